The first-order chi connectivity index (χ1) is 18.1. The molecule has 0 radical (unpaired) electrons. The van der Waals surface area contributed by atoms with Gasteiger partial charge in [0.2, 0.25) is 5.69 Å². The number of carbonyl (C=O) groups is 1. The van der Waals surface area contributed by atoms with Gasteiger partial charge in [0, 0.05) is 5.56 Å². The number of H-pyrrole nitrogens is 1. The first-order valence-corrected chi connectivity index (χ1v) is 13.5. The molecule has 38 heavy (non-hydrogen) atoms. The Balaban J connectivity index is 1.63. The quantitative estimate of drug-likeness (QED) is 0.224. The molecule has 2 aromatic carbocycles. The molecule has 1 fully saturated rings. The van der Waals surface area contributed by atoms with Crippen LogP contribution in [0.25, 0.3) is 33.1 Å². The summed E-state index contributed by atoms with van der Waals surface area (Å²) in [6.07, 6.45) is 1.86. The van der Waals surface area contributed by atoms with Crippen molar-refractivity contribution in [1.82, 2.24) is 14.6 Å². The molecule has 1 aliphatic carbocycles. The molecular formula is C32H36N4O2. The number of benzene rings is 2. The molecule has 0 bridgehead atoms. The van der Waals surface area contributed by atoms with Crippen LogP contribution in [0, 0.1) is 24.3 Å². The molecule has 0 amide bonds. The highest BCUT2D eigenvalue weighted by atomic mass is 16.5. The Morgan fingerprint density at radius 1 is 1.00 bits per heavy atom. The molecule has 0 aliphatic heterocycles. The molecule has 1 saturated carbocycles. The molecule has 2 atom stereocenters. The number of esters is 1. The maximum absolute atomic E-state index is 13.8. The van der Waals surface area contributed by atoms with Crippen LogP contribution in [0.5, 0.6) is 0 Å². The van der Waals surface area contributed by atoms with Crippen LogP contribution in [-0.4, -0.2) is 26.7 Å². The zero-order valence-corrected chi connectivity index (χ0v) is 23.1. The summed E-state index contributed by atoms with van der Waals surface area (Å²) < 4.78 is 7.93. The van der Waals surface area contributed by atoms with Crippen LogP contribution in [0.4, 0.5) is 5.69 Å². The maximum Gasteiger partial charge on any atom is 0.331 e. The summed E-state index contributed by atoms with van der Waals surface area (Å²) in [6.45, 7) is 21.1. The fraction of sp³-hybridized carbons (Fsp3) is 0.406. The van der Waals surface area contributed by atoms with Crippen molar-refractivity contribution in [1.29, 1.82) is 0 Å². The summed E-state index contributed by atoms with van der Waals surface area (Å²) in [7, 11) is 0. The lowest BCUT2D eigenvalue weighted by atomic mass is 9.75. The van der Waals surface area contributed by atoms with Gasteiger partial charge in [-0.05, 0) is 47.1 Å². The molecule has 6 nitrogen and oxygen atoms in total. The molecule has 196 valence electrons. The van der Waals surface area contributed by atoms with Crippen molar-refractivity contribution in [2.45, 2.75) is 65.9 Å². The number of aromatic amines is 1. The average molecular weight is 509 g/mol. The minimum absolute atomic E-state index is 0.0435. The van der Waals surface area contributed by atoms with E-state index in [0.29, 0.717) is 23.1 Å². The Bertz CT molecular complexity index is 1490. The summed E-state index contributed by atoms with van der Waals surface area (Å²) in [5, 5.41) is 3.37. The second-order valence-corrected chi connectivity index (χ2v) is 12.0. The summed E-state index contributed by atoms with van der Waals surface area (Å²) in [4.78, 5) is 22.5. The standard InChI is InChI=1S/C32H36N4O2/c1-19-17-20(2)28(21(3)18-19)38-31(37)25-26(33-7)27(22-11-9-8-10-12-22)36-30(25)34-29(35-36)23-13-15-24(16-14-23)32(4,5)6/h8-16,19-21,28H,17-18H2,1-6H3,(H,34,35). The molecule has 1 N–H and O–H groups in total. The number of hydrogen-bond acceptors (Lipinski definition) is 3. The lowest BCUT2D eigenvalue weighted by molar-refractivity contribution is -0.0249. The fourth-order valence-corrected chi connectivity index (χ4v) is 6.02. The number of ether oxygens (including phenoxy) is 1. The molecule has 2 unspecified atom stereocenters. The van der Waals surface area contributed by atoms with Gasteiger partial charge in [-0.15, -0.1) is 0 Å². The molecule has 0 saturated heterocycles. The third-order valence-electron chi connectivity index (χ3n) is 7.86. The van der Waals surface area contributed by atoms with Crippen molar-refractivity contribution < 1.29 is 9.53 Å². The third-order valence-corrected chi connectivity index (χ3v) is 7.86. The van der Waals surface area contributed by atoms with Crippen molar-refractivity contribution >= 4 is 17.3 Å². The van der Waals surface area contributed by atoms with E-state index in [1.807, 2.05) is 42.5 Å². The average Bonchev–Trinajstić information content (AvgIpc) is 3.42. The van der Waals surface area contributed by atoms with Gasteiger partial charge in [0.05, 0.1) is 12.3 Å². The van der Waals surface area contributed by atoms with E-state index in [-0.39, 0.29) is 34.6 Å². The van der Waals surface area contributed by atoms with Crippen LogP contribution in [0.2, 0.25) is 0 Å². The van der Waals surface area contributed by atoms with Crippen molar-refractivity contribution in [3.05, 3.63) is 77.1 Å². The number of aromatic nitrogens is 3. The third kappa shape index (κ3) is 4.62. The van der Waals surface area contributed by atoms with Crippen LogP contribution >= 0.6 is 0 Å². The number of rotatable bonds is 4. The lowest BCUT2D eigenvalue weighted by Gasteiger charge is -2.37. The summed E-state index contributed by atoms with van der Waals surface area (Å²) >= 11 is 0. The van der Waals surface area contributed by atoms with Crippen molar-refractivity contribution in [2.75, 3.05) is 0 Å². The normalized spacial score (nSPS) is 21.8. The van der Waals surface area contributed by atoms with E-state index in [1.54, 1.807) is 4.52 Å². The Kier molecular flexibility index (Phi) is 6.65. The molecule has 0 spiro atoms. The van der Waals surface area contributed by atoms with E-state index < -0.39 is 5.97 Å². The molecular weight excluding hydrogens is 472 g/mol. The highest BCUT2D eigenvalue weighted by molar-refractivity contribution is 6.07. The van der Waals surface area contributed by atoms with E-state index in [0.717, 1.165) is 24.0 Å². The van der Waals surface area contributed by atoms with Gasteiger partial charge in [-0.1, -0.05) is 96.1 Å². The first kappa shape index (κ1) is 25.8. The largest absolute Gasteiger partial charge is 0.459 e. The Morgan fingerprint density at radius 3 is 2.21 bits per heavy atom. The molecule has 1 aliphatic rings. The minimum atomic E-state index is -0.477. The molecule has 2 heterocycles. The number of hydrogen-bond donors (Lipinski definition) is 1. The Hall–Kier alpha value is -3.85. The number of nitrogens with zero attached hydrogens (tertiary/aromatic N) is 3. The Morgan fingerprint density at radius 2 is 1.63 bits per heavy atom. The SMILES string of the molecule is [C-]#[N+]c1c(C(=O)OC2C(C)CC(C)CC2C)c2nc(-c3ccc(C(C)(C)C)cc3)[nH]n2c1-c1ccccc1. The van der Waals surface area contributed by atoms with Gasteiger partial charge < -0.3 is 4.74 Å². The van der Waals surface area contributed by atoms with E-state index in [4.69, 9.17) is 16.3 Å². The second kappa shape index (κ2) is 9.79. The lowest BCUT2D eigenvalue weighted by Crippen LogP contribution is -2.37. The van der Waals surface area contributed by atoms with E-state index in [9.17, 15) is 4.79 Å². The predicted molar refractivity (Wildman–Crippen MR) is 151 cm³/mol. The summed E-state index contributed by atoms with van der Waals surface area (Å²) in [5.41, 5.74) is 4.54. The van der Waals surface area contributed by atoms with Crippen LogP contribution in [0.15, 0.2) is 54.6 Å². The number of fused-ring (bicyclic) bond motifs is 1. The van der Waals surface area contributed by atoms with Crippen LogP contribution in [-0.2, 0) is 10.2 Å². The van der Waals surface area contributed by atoms with Gasteiger partial charge in [-0.2, -0.15) is 0 Å². The number of carbonyl (C=O) groups excluding carboxylic acids is 1. The Labute approximate surface area is 224 Å². The van der Waals surface area contributed by atoms with Crippen LogP contribution in [0.1, 0.15) is 70.3 Å². The van der Waals surface area contributed by atoms with E-state index >= 15 is 0 Å². The van der Waals surface area contributed by atoms with Gasteiger partial charge in [-0.3, -0.25) is 5.10 Å². The van der Waals surface area contributed by atoms with E-state index in [1.165, 1.54) is 5.56 Å². The zero-order chi connectivity index (χ0) is 27.2. The molecule has 5 rings (SSSR count). The maximum atomic E-state index is 13.8. The molecule has 2 aromatic heterocycles. The fourth-order valence-electron chi connectivity index (χ4n) is 6.02. The predicted octanol–water partition coefficient (Wildman–Crippen LogP) is 8.07. The smallest absolute Gasteiger partial charge is 0.331 e. The molecule has 4 aromatic rings. The van der Waals surface area contributed by atoms with Crippen molar-refractivity contribution in [3.8, 4) is 22.6 Å². The second-order valence-electron chi connectivity index (χ2n) is 12.0. The van der Waals surface area contributed by atoms with Crippen molar-refractivity contribution in [2.24, 2.45) is 17.8 Å². The van der Waals surface area contributed by atoms with Crippen LogP contribution < -0.4 is 0 Å². The zero-order valence-electron chi connectivity index (χ0n) is 23.1. The van der Waals surface area contributed by atoms with Gasteiger partial charge in [0.15, 0.2) is 11.5 Å². The monoisotopic (exact) mass is 508 g/mol. The van der Waals surface area contributed by atoms with E-state index in [2.05, 4.69) is 63.6 Å². The highest BCUT2D eigenvalue weighted by Crippen LogP contribution is 2.41. The van der Waals surface area contributed by atoms with Gasteiger partial charge >= 0.3 is 5.97 Å². The van der Waals surface area contributed by atoms with Gasteiger partial charge in [0.1, 0.15) is 11.7 Å². The first-order valence-electron chi connectivity index (χ1n) is 13.5. The highest BCUT2D eigenvalue weighted by Gasteiger charge is 2.36. The summed E-state index contributed by atoms with van der Waals surface area (Å²) in [6, 6.07) is 18.0. The van der Waals surface area contributed by atoms with Gasteiger partial charge in [-0.25, -0.2) is 19.1 Å². The summed E-state index contributed by atoms with van der Waals surface area (Å²) in [5.74, 6) is 1.29. The molecule has 6 heteroatoms. The number of nitrogens with one attached hydrogen (secondary N) is 1. The minimum Gasteiger partial charge on any atom is -0.459 e. The van der Waals surface area contributed by atoms with Crippen LogP contribution in [0.3, 0.4) is 0 Å². The van der Waals surface area contributed by atoms with Gasteiger partial charge in [0.25, 0.3) is 0 Å². The van der Waals surface area contributed by atoms with Crippen molar-refractivity contribution in [3.63, 3.8) is 0 Å². The topological polar surface area (TPSA) is 63.8 Å².